The van der Waals surface area contributed by atoms with Crippen molar-refractivity contribution in [3.05, 3.63) is 54.6 Å². The normalized spacial score (nSPS) is 11.8. The number of carbonyl (C=O) groups is 1. The molecule has 106 valence electrons. The maximum atomic E-state index is 12.7. The number of hydrogen-bond donors (Lipinski definition) is 0. The largest absolute Gasteiger partial charge is 0.456 e. The lowest BCUT2D eigenvalue weighted by atomic mass is 10.2. The number of aromatic nitrogens is 3. The van der Waals surface area contributed by atoms with Crippen LogP contribution in [0.1, 0.15) is 10.5 Å². The van der Waals surface area contributed by atoms with Gasteiger partial charge < -0.3 is 0 Å². The minimum Gasteiger partial charge on any atom is -0.299 e. The molecular formula is C14H8F3N3O. The molecule has 0 radical (unpaired) electrons. The molecule has 3 aromatic rings. The van der Waals surface area contributed by atoms with E-state index in [4.69, 9.17) is 0 Å². The number of rotatable bonds is 2. The van der Waals surface area contributed by atoms with Gasteiger partial charge in [-0.3, -0.25) is 14.2 Å². The summed E-state index contributed by atoms with van der Waals surface area (Å²) in [6.07, 6.45) is -0.388. The van der Waals surface area contributed by atoms with Crippen molar-refractivity contribution in [2.24, 2.45) is 0 Å². The van der Waals surface area contributed by atoms with Crippen LogP contribution in [0.3, 0.4) is 0 Å². The number of fused-ring (bicyclic) bond motifs is 1. The molecule has 0 unspecified atom stereocenters. The first-order chi connectivity index (χ1) is 9.98. The summed E-state index contributed by atoms with van der Waals surface area (Å²) < 4.78 is 39.4. The molecule has 0 saturated carbocycles. The van der Waals surface area contributed by atoms with Crippen molar-refractivity contribution in [2.45, 2.75) is 6.18 Å². The number of nitrogens with zero attached hydrogens (tertiary/aromatic N) is 3. The van der Waals surface area contributed by atoms with Crippen LogP contribution in [0.15, 0.2) is 48.9 Å². The molecule has 7 heteroatoms. The molecule has 0 aliphatic carbocycles. The summed E-state index contributed by atoms with van der Waals surface area (Å²) >= 11 is 0. The number of pyridine rings is 2. The van der Waals surface area contributed by atoms with Crippen LogP contribution < -0.4 is 0 Å². The van der Waals surface area contributed by atoms with Crippen LogP contribution >= 0.6 is 0 Å². The second-order valence-corrected chi connectivity index (χ2v) is 4.30. The molecule has 21 heavy (non-hydrogen) atoms. The first-order valence-electron chi connectivity index (χ1n) is 5.97. The molecule has 0 aliphatic rings. The predicted octanol–water partition coefficient (Wildman–Crippen LogP) is 3.14. The molecule has 0 N–H and O–H groups in total. The van der Waals surface area contributed by atoms with E-state index in [9.17, 15) is 18.0 Å². The van der Waals surface area contributed by atoms with E-state index in [0.29, 0.717) is 5.56 Å². The van der Waals surface area contributed by atoms with E-state index in [0.717, 1.165) is 0 Å². The van der Waals surface area contributed by atoms with E-state index in [-0.39, 0.29) is 11.3 Å². The monoisotopic (exact) mass is 291 g/mol. The van der Waals surface area contributed by atoms with E-state index in [1.54, 1.807) is 30.5 Å². The average Bonchev–Trinajstić information content (AvgIpc) is 2.86. The lowest BCUT2D eigenvalue weighted by Crippen LogP contribution is -2.23. The highest BCUT2D eigenvalue weighted by Crippen LogP contribution is 2.27. The Morgan fingerprint density at radius 1 is 1.10 bits per heavy atom. The van der Waals surface area contributed by atoms with Gasteiger partial charge in [0.15, 0.2) is 0 Å². The lowest BCUT2D eigenvalue weighted by molar-refractivity contribution is -0.0886. The van der Waals surface area contributed by atoms with E-state index >= 15 is 0 Å². The summed E-state index contributed by atoms with van der Waals surface area (Å²) in [5.41, 5.74) is 0.0916. The van der Waals surface area contributed by atoms with Gasteiger partial charge in [0.1, 0.15) is 11.5 Å². The Balaban J connectivity index is 2.27. The molecule has 4 nitrogen and oxygen atoms in total. The maximum absolute atomic E-state index is 12.7. The van der Waals surface area contributed by atoms with Gasteiger partial charge in [-0.2, -0.15) is 13.2 Å². The Kier molecular flexibility index (Phi) is 2.97. The van der Waals surface area contributed by atoms with Crippen LogP contribution in [-0.2, 0) is 0 Å². The lowest BCUT2D eigenvalue weighted by Gasteiger charge is -2.02. The maximum Gasteiger partial charge on any atom is 0.456 e. The van der Waals surface area contributed by atoms with Gasteiger partial charge >= 0.3 is 6.18 Å². The zero-order chi connectivity index (χ0) is 15.0. The zero-order valence-electron chi connectivity index (χ0n) is 10.5. The number of alkyl halides is 3. The molecule has 0 amide bonds. The molecule has 0 bridgehead atoms. The second-order valence-electron chi connectivity index (χ2n) is 4.30. The fourth-order valence-corrected chi connectivity index (χ4v) is 2.04. The van der Waals surface area contributed by atoms with Crippen LogP contribution in [0.4, 0.5) is 13.2 Å². The fraction of sp³-hybridized carbons (Fsp3) is 0.0714. The number of carbonyl (C=O) groups excluding carboxylic acids is 1. The van der Waals surface area contributed by atoms with E-state index in [1.807, 2.05) is 0 Å². The van der Waals surface area contributed by atoms with Gasteiger partial charge in [-0.15, -0.1) is 0 Å². The minimum absolute atomic E-state index is 0.117. The van der Waals surface area contributed by atoms with Crippen LogP contribution in [0.25, 0.3) is 16.9 Å². The highest BCUT2D eigenvalue weighted by Gasteiger charge is 2.42. The number of Topliss-reactive ketones (excluding diaryl/α,β-unsaturated/α-hetero) is 1. The number of imidazole rings is 1. The summed E-state index contributed by atoms with van der Waals surface area (Å²) in [5, 5.41) is 0. The second kappa shape index (κ2) is 4.69. The summed E-state index contributed by atoms with van der Waals surface area (Å²) in [5.74, 6) is -1.69. The molecule has 0 aliphatic heterocycles. The summed E-state index contributed by atoms with van der Waals surface area (Å²) in [6, 6.07) is 7.87. The fourth-order valence-electron chi connectivity index (χ4n) is 2.04. The van der Waals surface area contributed by atoms with Crippen LogP contribution in [0, 0.1) is 0 Å². The molecule has 0 fully saturated rings. The number of ketones is 1. The average molecular weight is 291 g/mol. The molecule has 0 aromatic carbocycles. The van der Waals surface area contributed by atoms with E-state index in [2.05, 4.69) is 9.97 Å². The van der Waals surface area contributed by atoms with Crippen molar-refractivity contribution in [2.75, 3.05) is 0 Å². The van der Waals surface area contributed by atoms with Crippen molar-refractivity contribution in [1.82, 2.24) is 14.4 Å². The van der Waals surface area contributed by atoms with Gasteiger partial charge in [0.25, 0.3) is 5.78 Å². The number of hydrogen-bond acceptors (Lipinski definition) is 3. The van der Waals surface area contributed by atoms with Crippen molar-refractivity contribution < 1.29 is 18.0 Å². The van der Waals surface area contributed by atoms with Crippen LogP contribution in [0.2, 0.25) is 0 Å². The number of halogens is 3. The quantitative estimate of drug-likeness (QED) is 0.681. The predicted molar refractivity (Wildman–Crippen MR) is 68.8 cm³/mol. The topological polar surface area (TPSA) is 47.3 Å². The summed E-state index contributed by atoms with van der Waals surface area (Å²) in [4.78, 5) is 19.3. The molecule has 0 atom stereocenters. The first-order valence-corrected chi connectivity index (χ1v) is 5.97. The van der Waals surface area contributed by atoms with E-state index < -0.39 is 17.7 Å². The third-order valence-corrected chi connectivity index (χ3v) is 2.96. The molecule has 3 rings (SSSR count). The molecule has 0 spiro atoms. The first kappa shape index (κ1) is 13.3. The Hall–Kier alpha value is -2.70. The minimum atomic E-state index is -4.96. The molecule has 0 saturated heterocycles. The summed E-state index contributed by atoms with van der Waals surface area (Å²) in [6.45, 7) is 0. The third kappa shape index (κ3) is 2.26. The van der Waals surface area contributed by atoms with Crippen LogP contribution in [-0.4, -0.2) is 26.3 Å². The van der Waals surface area contributed by atoms with Crippen molar-refractivity contribution in [3.63, 3.8) is 0 Å². The molecular weight excluding hydrogens is 283 g/mol. The Labute approximate surface area is 116 Å². The third-order valence-electron chi connectivity index (χ3n) is 2.96. The van der Waals surface area contributed by atoms with Gasteiger partial charge in [0.05, 0.1) is 5.52 Å². The van der Waals surface area contributed by atoms with Crippen molar-refractivity contribution in [3.8, 4) is 11.4 Å². The van der Waals surface area contributed by atoms with Gasteiger partial charge in [-0.25, -0.2) is 4.98 Å². The Morgan fingerprint density at radius 2 is 1.81 bits per heavy atom. The van der Waals surface area contributed by atoms with Crippen LogP contribution in [0.5, 0.6) is 0 Å². The van der Waals surface area contributed by atoms with E-state index in [1.165, 1.54) is 22.9 Å². The van der Waals surface area contributed by atoms with Gasteiger partial charge in [0.2, 0.25) is 0 Å². The van der Waals surface area contributed by atoms with Crippen molar-refractivity contribution >= 4 is 11.3 Å². The zero-order valence-corrected chi connectivity index (χ0v) is 10.5. The summed E-state index contributed by atoms with van der Waals surface area (Å²) in [7, 11) is 0. The van der Waals surface area contributed by atoms with Gasteiger partial charge in [0, 0.05) is 24.2 Å². The standard InChI is InChI=1S/C14H8F3N3O/c15-14(16,17)12(21)11-10-3-1-2-8-20(10)13(19-11)9-4-6-18-7-5-9/h1-8H. The smallest absolute Gasteiger partial charge is 0.299 e. The Morgan fingerprint density at radius 3 is 2.48 bits per heavy atom. The van der Waals surface area contributed by atoms with Crippen molar-refractivity contribution in [1.29, 1.82) is 0 Å². The molecule has 3 heterocycles. The molecule has 3 aromatic heterocycles. The van der Waals surface area contributed by atoms with Gasteiger partial charge in [-0.1, -0.05) is 6.07 Å². The Bertz CT molecular complexity index is 809. The SMILES string of the molecule is O=C(c1nc(-c2ccncc2)n2ccccc12)C(F)(F)F. The van der Waals surface area contributed by atoms with Gasteiger partial charge in [-0.05, 0) is 24.3 Å². The highest BCUT2D eigenvalue weighted by atomic mass is 19.4. The highest BCUT2D eigenvalue weighted by molar-refractivity contribution is 6.04.